The van der Waals surface area contributed by atoms with Gasteiger partial charge in [-0.05, 0) is 55.2 Å². The Morgan fingerprint density at radius 2 is 1.69 bits per heavy atom. The Balaban J connectivity index is 1.69. The molecule has 0 fully saturated rings. The fourth-order valence-electron chi connectivity index (χ4n) is 4.52. The van der Waals surface area contributed by atoms with Gasteiger partial charge in [-0.3, -0.25) is 14.4 Å². The monoisotopic (exact) mass is 693 g/mol. The van der Waals surface area contributed by atoms with Gasteiger partial charge in [-0.2, -0.15) is 12.6 Å². The van der Waals surface area contributed by atoms with E-state index in [4.69, 9.17) is 23.2 Å². The maximum Gasteiger partial charge on any atom is 0.264 e. The fourth-order valence-corrected chi connectivity index (χ4v) is 6.61. The van der Waals surface area contributed by atoms with Crippen LogP contribution in [0.2, 0.25) is 10.0 Å². The van der Waals surface area contributed by atoms with Gasteiger partial charge >= 0.3 is 0 Å². The lowest BCUT2D eigenvalue weighted by atomic mass is 10.0. The van der Waals surface area contributed by atoms with Crippen molar-refractivity contribution in [3.05, 3.63) is 87.9 Å². The molecule has 0 spiro atoms. The van der Waals surface area contributed by atoms with Crippen molar-refractivity contribution in [1.29, 1.82) is 0 Å². The average molecular weight is 695 g/mol. The fraction of sp³-hybridized carbons (Fsp3) is 0.344. The molecule has 3 rings (SSSR count). The summed E-state index contributed by atoms with van der Waals surface area (Å²) in [5.41, 5.74) is 2.36. The summed E-state index contributed by atoms with van der Waals surface area (Å²) in [5, 5.41) is 13.1. The highest BCUT2D eigenvalue weighted by molar-refractivity contribution is 7.90. The van der Waals surface area contributed by atoms with Crippen LogP contribution in [0.5, 0.6) is 0 Å². The Labute approximate surface area is 279 Å². The van der Waals surface area contributed by atoms with Crippen LogP contribution in [0.15, 0.2) is 71.6 Å². The highest BCUT2D eigenvalue weighted by Crippen LogP contribution is 2.33. The van der Waals surface area contributed by atoms with Crippen molar-refractivity contribution in [3.63, 3.8) is 0 Å². The maximum atomic E-state index is 12.9. The molecule has 0 bridgehead atoms. The number of hydrogen-bond acceptors (Lipinski definition) is 7. The molecule has 2 atom stereocenters. The summed E-state index contributed by atoms with van der Waals surface area (Å²) in [4.78, 5) is 38.9. The summed E-state index contributed by atoms with van der Waals surface area (Å²) in [6.45, 7) is 3.81. The van der Waals surface area contributed by atoms with E-state index in [-0.39, 0.29) is 52.1 Å². The van der Waals surface area contributed by atoms with Gasteiger partial charge in [0.15, 0.2) is 0 Å². The molecule has 0 radical (unpaired) electrons. The molecular weight excluding hydrogens is 657 g/mol. The number of hydrogen-bond donors (Lipinski definition) is 4. The normalized spacial score (nSPS) is 12.7. The SMILES string of the molecule is CCCC(=O)N(CCC(=O)NC[C@H](S)Cc1cccc(Cl)c1)Cc1ccc(-c2ccccc2S(=O)(=O)NC(=O)[C@H](C)O)c(Cl)c1. The number of carbonyl (C=O) groups excluding carboxylic acids is 3. The van der Waals surface area contributed by atoms with Crippen molar-refractivity contribution in [1.82, 2.24) is 14.9 Å². The molecule has 13 heteroatoms. The zero-order valence-corrected chi connectivity index (χ0v) is 28.2. The predicted octanol–water partition coefficient (Wildman–Crippen LogP) is 5.02. The van der Waals surface area contributed by atoms with Crippen LogP contribution in [0.3, 0.4) is 0 Å². The van der Waals surface area contributed by atoms with Gasteiger partial charge < -0.3 is 15.3 Å². The molecule has 0 aliphatic carbocycles. The molecule has 0 heterocycles. The van der Waals surface area contributed by atoms with E-state index in [9.17, 15) is 27.9 Å². The molecule has 45 heavy (non-hydrogen) atoms. The Morgan fingerprint density at radius 1 is 0.956 bits per heavy atom. The zero-order chi connectivity index (χ0) is 33.1. The molecule has 9 nitrogen and oxygen atoms in total. The van der Waals surface area contributed by atoms with Crippen molar-refractivity contribution >= 4 is 63.6 Å². The largest absolute Gasteiger partial charge is 0.384 e. The van der Waals surface area contributed by atoms with Crippen LogP contribution < -0.4 is 10.0 Å². The molecule has 0 aliphatic heterocycles. The number of sulfonamides is 1. The van der Waals surface area contributed by atoms with E-state index in [2.05, 4.69) is 17.9 Å². The molecule has 3 aromatic rings. The van der Waals surface area contributed by atoms with E-state index in [1.165, 1.54) is 12.1 Å². The van der Waals surface area contributed by atoms with Crippen molar-refractivity contribution in [2.24, 2.45) is 0 Å². The molecule has 0 aromatic heterocycles. The lowest BCUT2D eigenvalue weighted by molar-refractivity contribution is -0.132. The summed E-state index contributed by atoms with van der Waals surface area (Å²) < 4.78 is 27.7. The number of benzene rings is 3. The third-order valence-corrected chi connectivity index (χ3v) is 9.13. The molecule has 0 aliphatic rings. The number of aliphatic hydroxyl groups is 1. The Hall–Kier alpha value is -3.09. The van der Waals surface area contributed by atoms with E-state index in [0.29, 0.717) is 42.0 Å². The maximum absolute atomic E-state index is 12.9. The van der Waals surface area contributed by atoms with Crippen LogP contribution >= 0.6 is 35.8 Å². The van der Waals surface area contributed by atoms with E-state index in [0.717, 1.165) is 12.5 Å². The van der Waals surface area contributed by atoms with Gasteiger partial charge in [-0.15, -0.1) is 0 Å². The quantitative estimate of drug-likeness (QED) is 0.165. The second kappa shape index (κ2) is 17.0. The molecule has 0 saturated heterocycles. The van der Waals surface area contributed by atoms with Crippen molar-refractivity contribution in [3.8, 4) is 11.1 Å². The summed E-state index contributed by atoms with van der Waals surface area (Å²) in [5.74, 6) is -1.37. The van der Waals surface area contributed by atoms with E-state index >= 15 is 0 Å². The van der Waals surface area contributed by atoms with Gasteiger partial charge in [0, 0.05) is 58.9 Å². The van der Waals surface area contributed by atoms with E-state index in [1.54, 1.807) is 41.3 Å². The smallest absolute Gasteiger partial charge is 0.264 e. The lowest BCUT2D eigenvalue weighted by Crippen LogP contribution is -2.37. The van der Waals surface area contributed by atoms with Crippen molar-refractivity contribution in [2.75, 3.05) is 13.1 Å². The number of nitrogens with one attached hydrogen (secondary N) is 2. The molecule has 0 unspecified atom stereocenters. The minimum atomic E-state index is -4.31. The number of carbonyl (C=O) groups is 3. The summed E-state index contributed by atoms with van der Waals surface area (Å²) in [7, 11) is -4.31. The minimum Gasteiger partial charge on any atom is -0.384 e. The van der Waals surface area contributed by atoms with E-state index < -0.39 is 22.0 Å². The van der Waals surface area contributed by atoms with Crippen molar-refractivity contribution < 1.29 is 27.9 Å². The molecule has 0 saturated carbocycles. The van der Waals surface area contributed by atoms with Crippen LogP contribution in [0, 0.1) is 0 Å². The molecule has 3 N–H and O–H groups in total. The molecular formula is C32H37Cl2N3O6S2. The number of aliphatic hydroxyl groups excluding tert-OH is 1. The number of halogens is 2. The number of nitrogens with zero attached hydrogens (tertiary/aromatic N) is 1. The van der Waals surface area contributed by atoms with Gasteiger partial charge in [0.25, 0.3) is 15.9 Å². The molecule has 3 amide bonds. The van der Waals surface area contributed by atoms with Gasteiger partial charge in [-0.1, -0.05) is 72.6 Å². The Bertz CT molecular complexity index is 1620. The molecule has 242 valence electrons. The summed E-state index contributed by atoms with van der Waals surface area (Å²) >= 11 is 17.3. The number of rotatable bonds is 15. The minimum absolute atomic E-state index is 0.0995. The standard InChI is InChI=1S/C32H37Cl2N3O6S2/c1-3-7-31(40)37(15-14-30(39)35-19-25(44)17-22-8-6-9-24(33)16-22)20-23-12-13-26(28(34)18-23)27-10-4-5-11-29(27)45(42,43)36-32(41)21(2)38/h4-6,8-13,16,18,21,25,38,44H,3,7,14-15,17,19-20H2,1-2H3,(H,35,39)(H,36,41)/t21-,25+/m0/s1. The van der Waals surface area contributed by atoms with Gasteiger partial charge in [0.2, 0.25) is 11.8 Å². The van der Waals surface area contributed by atoms with Crippen LogP contribution in [0.4, 0.5) is 0 Å². The van der Waals surface area contributed by atoms with Gasteiger partial charge in [0.05, 0.1) is 4.90 Å². The van der Waals surface area contributed by atoms with Crippen LogP contribution in [-0.2, 0) is 37.4 Å². The highest BCUT2D eigenvalue weighted by Gasteiger charge is 2.25. The summed E-state index contributed by atoms with van der Waals surface area (Å²) in [6, 6.07) is 18.5. The third kappa shape index (κ3) is 11.0. The Morgan fingerprint density at radius 3 is 2.36 bits per heavy atom. The second-order valence-electron chi connectivity index (χ2n) is 10.6. The van der Waals surface area contributed by atoms with Crippen molar-refractivity contribution in [2.45, 2.75) is 62.3 Å². The first-order chi connectivity index (χ1) is 21.3. The van der Waals surface area contributed by atoms with Crippen LogP contribution in [0.1, 0.15) is 44.2 Å². The Kier molecular flexibility index (Phi) is 13.7. The number of amides is 3. The second-order valence-corrected chi connectivity index (χ2v) is 13.8. The topological polar surface area (TPSA) is 133 Å². The first-order valence-electron chi connectivity index (χ1n) is 14.4. The van der Waals surface area contributed by atoms with E-state index in [1.807, 2.05) is 29.8 Å². The average Bonchev–Trinajstić information content (AvgIpc) is 2.98. The summed E-state index contributed by atoms with van der Waals surface area (Å²) in [6.07, 6.45) is 0.175. The van der Waals surface area contributed by atoms with Crippen LogP contribution in [0.25, 0.3) is 11.1 Å². The first-order valence-corrected chi connectivity index (χ1v) is 17.2. The lowest BCUT2D eigenvalue weighted by Gasteiger charge is -2.23. The van der Waals surface area contributed by atoms with Crippen LogP contribution in [-0.4, -0.2) is 60.6 Å². The first kappa shape index (κ1) is 36.4. The molecule has 3 aromatic carbocycles. The third-order valence-electron chi connectivity index (χ3n) is 6.81. The predicted molar refractivity (Wildman–Crippen MR) is 180 cm³/mol. The number of thiol groups is 1. The highest BCUT2D eigenvalue weighted by atomic mass is 35.5. The zero-order valence-electron chi connectivity index (χ0n) is 25.0. The van der Waals surface area contributed by atoms with Gasteiger partial charge in [0.1, 0.15) is 6.10 Å². The van der Waals surface area contributed by atoms with Gasteiger partial charge in [-0.25, -0.2) is 13.1 Å².